The monoisotopic (exact) mass is 383 g/mol. The van der Waals surface area contributed by atoms with Crippen LogP contribution < -0.4 is 22.1 Å². The Bertz CT molecular complexity index is 1060. The lowest BCUT2D eigenvalue weighted by Gasteiger charge is -2.15. The Labute approximate surface area is 159 Å². The van der Waals surface area contributed by atoms with Crippen LogP contribution in [0, 0.1) is 5.82 Å². The molecule has 0 aliphatic heterocycles. The van der Waals surface area contributed by atoms with E-state index < -0.39 is 23.7 Å². The molecule has 0 aliphatic carbocycles. The van der Waals surface area contributed by atoms with Crippen molar-refractivity contribution in [1.29, 1.82) is 0 Å². The van der Waals surface area contributed by atoms with Gasteiger partial charge >= 0.3 is 0 Å². The van der Waals surface area contributed by atoms with Crippen molar-refractivity contribution in [3.05, 3.63) is 48.2 Å². The normalized spacial score (nSPS) is 11.8. The molecule has 144 valence electrons. The zero-order chi connectivity index (χ0) is 20.3. The first-order valence-electron chi connectivity index (χ1n) is 8.42. The molecule has 0 saturated carbocycles. The fourth-order valence-corrected chi connectivity index (χ4v) is 2.59. The van der Waals surface area contributed by atoms with Gasteiger partial charge in [-0.2, -0.15) is 0 Å². The second-order valence-electron chi connectivity index (χ2n) is 6.01. The van der Waals surface area contributed by atoms with Crippen LogP contribution in [0.25, 0.3) is 10.9 Å². The quantitative estimate of drug-likeness (QED) is 0.485. The number of fused-ring (bicyclic) bond motifs is 1. The van der Waals surface area contributed by atoms with Gasteiger partial charge in [0.05, 0.1) is 23.6 Å². The van der Waals surface area contributed by atoms with E-state index in [1.165, 1.54) is 24.5 Å². The zero-order valence-electron chi connectivity index (χ0n) is 14.9. The molecule has 0 unspecified atom stereocenters. The Hall–Kier alpha value is -3.82. The summed E-state index contributed by atoms with van der Waals surface area (Å²) in [6.45, 7) is 1.78. The summed E-state index contributed by atoms with van der Waals surface area (Å²) in [6.07, 6.45) is 3.23. The maximum atomic E-state index is 13.5. The van der Waals surface area contributed by atoms with Gasteiger partial charge in [-0.05, 0) is 30.7 Å². The first-order chi connectivity index (χ1) is 13.4. The van der Waals surface area contributed by atoms with Gasteiger partial charge in [-0.15, -0.1) is 0 Å². The van der Waals surface area contributed by atoms with Crippen LogP contribution in [-0.2, 0) is 4.79 Å². The van der Waals surface area contributed by atoms with Crippen molar-refractivity contribution in [2.24, 2.45) is 11.5 Å². The van der Waals surface area contributed by atoms with Crippen molar-refractivity contribution in [3.63, 3.8) is 0 Å². The van der Waals surface area contributed by atoms with E-state index in [4.69, 9.17) is 11.5 Å². The number of halogens is 1. The lowest BCUT2D eigenvalue weighted by atomic mass is 10.2. The maximum Gasteiger partial charge on any atom is 0.271 e. The smallest absolute Gasteiger partial charge is 0.271 e. The molecule has 2 aromatic heterocycles. The molecule has 10 heteroatoms. The Morgan fingerprint density at radius 2 is 1.96 bits per heavy atom. The average molecular weight is 383 g/mol. The SMILES string of the molecule is CC[C@@H](Nc1cnc(C(N)=O)c(Nc2cnc3ccc(F)cc3c2)n1)C(N)=O. The molecule has 0 spiro atoms. The van der Waals surface area contributed by atoms with Crippen LogP contribution in [0.15, 0.2) is 36.7 Å². The number of carbonyl (C=O) groups is 2. The Morgan fingerprint density at radius 3 is 2.64 bits per heavy atom. The van der Waals surface area contributed by atoms with Crippen LogP contribution in [-0.4, -0.2) is 32.8 Å². The summed E-state index contributed by atoms with van der Waals surface area (Å²) in [7, 11) is 0. The van der Waals surface area contributed by atoms with E-state index in [0.29, 0.717) is 23.0 Å². The second-order valence-corrected chi connectivity index (χ2v) is 6.01. The number of anilines is 3. The van der Waals surface area contributed by atoms with Crippen molar-refractivity contribution in [2.75, 3.05) is 10.6 Å². The Morgan fingerprint density at radius 1 is 1.18 bits per heavy atom. The van der Waals surface area contributed by atoms with Crippen molar-refractivity contribution in [2.45, 2.75) is 19.4 Å². The summed E-state index contributed by atoms with van der Waals surface area (Å²) in [4.78, 5) is 35.6. The number of hydrogen-bond donors (Lipinski definition) is 4. The molecule has 3 aromatic rings. The maximum absolute atomic E-state index is 13.5. The van der Waals surface area contributed by atoms with E-state index >= 15 is 0 Å². The third-order valence-corrected chi connectivity index (χ3v) is 3.99. The summed E-state index contributed by atoms with van der Waals surface area (Å²) in [5.41, 5.74) is 11.6. The molecule has 0 fully saturated rings. The number of nitrogens with zero attached hydrogens (tertiary/aromatic N) is 3. The minimum atomic E-state index is -0.789. The molecular formula is C18H18FN7O2. The molecule has 2 heterocycles. The van der Waals surface area contributed by atoms with E-state index in [1.54, 1.807) is 19.1 Å². The number of pyridine rings is 1. The van der Waals surface area contributed by atoms with E-state index in [-0.39, 0.29) is 17.3 Å². The number of nitrogens with one attached hydrogen (secondary N) is 2. The molecule has 9 nitrogen and oxygen atoms in total. The lowest BCUT2D eigenvalue weighted by Crippen LogP contribution is -2.35. The van der Waals surface area contributed by atoms with Crippen molar-refractivity contribution in [1.82, 2.24) is 15.0 Å². The van der Waals surface area contributed by atoms with Crippen LogP contribution in [0.2, 0.25) is 0 Å². The number of carbonyl (C=O) groups excluding carboxylic acids is 2. The second kappa shape index (κ2) is 7.82. The summed E-state index contributed by atoms with van der Waals surface area (Å²) in [6, 6.07) is 5.22. The topological polar surface area (TPSA) is 149 Å². The van der Waals surface area contributed by atoms with Crippen molar-refractivity contribution >= 4 is 40.0 Å². The summed E-state index contributed by atoms with van der Waals surface area (Å²) in [5, 5.41) is 6.33. The molecule has 0 radical (unpaired) electrons. The molecule has 0 bridgehead atoms. The molecular weight excluding hydrogens is 365 g/mol. The van der Waals surface area contributed by atoms with E-state index in [9.17, 15) is 14.0 Å². The first kappa shape index (κ1) is 19.0. The molecule has 2 amide bonds. The third kappa shape index (κ3) is 4.11. The molecule has 1 aromatic carbocycles. The van der Waals surface area contributed by atoms with Gasteiger partial charge < -0.3 is 22.1 Å². The van der Waals surface area contributed by atoms with Gasteiger partial charge in [-0.3, -0.25) is 14.6 Å². The summed E-state index contributed by atoms with van der Waals surface area (Å²) in [5.74, 6) is -1.43. The van der Waals surface area contributed by atoms with Crippen LogP contribution >= 0.6 is 0 Å². The molecule has 6 N–H and O–H groups in total. The van der Waals surface area contributed by atoms with Gasteiger partial charge in [-0.1, -0.05) is 6.92 Å². The predicted octanol–water partition coefficient (Wildman–Crippen LogP) is 1.68. The highest BCUT2D eigenvalue weighted by Crippen LogP contribution is 2.23. The molecule has 0 aliphatic rings. The number of aromatic nitrogens is 3. The van der Waals surface area contributed by atoms with Crippen LogP contribution in [0.5, 0.6) is 0 Å². The van der Waals surface area contributed by atoms with Gasteiger partial charge in [0.15, 0.2) is 11.5 Å². The highest BCUT2D eigenvalue weighted by molar-refractivity contribution is 5.96. The standard InChI is InChI=1S/C18H18FN7O2/c1-2-12(16(20)27)25-14-8-23-15(17(21)28)18(26-14)24-11-6-9-5-10(19)3-4-13(9)22-7-11/h3-8,12H,2H2,1H3,(H2,20,27)(H2,21,28)(H2,24,25,26)/t12-/m1/s1. The van der Waals surface area contributed by atoms with E-state index in [2.05, 4.69) is 25.6 Å². The zero-order valence-corrected chi connectivity index (χ0v) is 14.9. The predicted molar refractivity (Wildman–Crippen MR) is 102 cm³/mol. The number of rotatable bonds is 7. The molecule has 1 atom stereocenters. The Balaban J connectivity index is 1.95. The van der Waals surface area contributed by atoms with Gasteiger partial charge in [0.1, 0.15) is 17.7 Å². The fraction of sp³-hybridized carbons (Fsp3) is 0.167. The van der Waals surface area contributed by atoms with Crippen molar-refractivity contribution < 1.29 is 14.0 Å². The minimum absolute atomic E-state index is 0.0642. The average Bonchev–Trinajstić information content (AvgIpc) is 2.65. The van der Waals surface area contributed by atoms with Crippen LogP contribution in [0.4, 0.5) is 21.7 Å². The fourth-order valence-electron chi connectivity index (χ4n) is 2.59. The van der Waals surface area contributed by atoms with Gasteiger partial charge in [0.25, 0.3) is 5.91 Å². The van der Waals surface area contributed by atoms with Gasteiger partial charge in [0.2, 0.25) is 5.91 Å². The van der Waals surface area contributed by atoms with E-state index in [0.717, 1.165) is 0 Å². The number of hydrogen-bond acceptors (Lipinski definition) is 7. The van der Waals surface area contributed by atoms with E-state index in [1.807, 2.05) is 0 Å². The summed E-state index contributed by atoms with van der Waals surface area (Å²) < 4.78 is 13.5. The highest BCUT2D eigenvalue weighted by atomic mass is 19.1. The van der Waals surface area contributed by atoms with Crippen molar-refractivity contribution in [3.8, 4) is 0 Å². The third-order valence-electron chi connectivity index (χ3n) is 3.99. The van der Waals surface area contributed by atoms with Crippen LogP contribution in [0.3, 0.4) is 0 Å². The number of benzene rings is 1. The number of primary amides is 2. The number of amides is 2. The van der Waals surface area contributed by atoms with Crippen LogP contribution in [0.1, 0.15) is 23.8 Å². The largest absolute Gasteiger partial charge is 0.368 e. The Kier molecular flexibility index (Phi) is 5.30. The first-order valence-corrected chi connectivity index (χ1v) is 8.42. The summed E-state index contributed by atoms with van der Waals surface area (Å²) >= 11 is 0. The van der Waals surface area contributed by atoms with Gasteiger partial charge in [-0.25, -0.2) is 14.4 Å². The lowest BCUT2D eigenvalue weighted by molar-refractivity contribution is -0.118. The molecule has 28 heavy (non-hydrogen) atoms. The minimum Gasteiger partial charge on any atom is -0.368 e. The highest BCUT2D eigenvalue weighted by Gasteiger charge is 2.17. The van der Waals surface area contributed by atoms with Gasteiger partial charge in [0, 0.05) is 5.39 Å². The molecule has 0 saturated heterocycles. The number of nitrogens with two attached hydrogens (primary N) is 2. The molecule has 3 rings (SSSR count).